The molecule has 0 fully saturated rings. The molecule has 5 rings (SSSR count). The highest BCUT2D eigenvalue weighted by atomic mass is 79.9. The van der Waals surface area contributed by atoms with Gasteiger partial charge in [-0.3, -0.25) is 5.43 Å². The van der Waals surface area contributed by atoms with E-state index in [0.717, 1.165) is 28.6 Å². The van der Waals surface area contributed by atoms with Crippen LogP contribution in [0.25, 0.3) is 11.4 Å². The smallest absolute Gasteiger partial charge is 0.315 e. The van der Waals surface area contributed by atoms with Gasteiger partial charge in [-0.05, 0) is 23.9 Å². The number of carbonyl (C=O) groups excluding carboxylic acids is 1. The first-order chi connectivity index (χ1) is 15.6. The number of oxime groups is 1. The van der Waals surface area contributed by atoms with Crippen LogP contribution in [0.1, 0.15) is 5.56 Å². The summed E-state index contributed by atoms with van der Waals surface area (Å²) in [5.41, 5.74) is 6.30. The number of nitrogens with one attached hydrogen (secondary N) is 1. The topological polar surface area (TPSA) is 81.4 Å². The lowest BCUT2D eigenvalue weighted by molar-refractivity contribution is -0.140. The average molecular weight is 506 g/mol. The lowest BCUT2D eigenvalue weighted by Crippen LogP contribution is -2.34. The molecule has 0 bridgehead atoms. The molecule has 1 atom stereocenters. The van der Waals surface area contributed by atoms with Gasteiger partial charge >= 0.3 is 5.97 Å². The lowest BCUT2D eigenvalue weighted by atomic mass is 10.1. The van der Waals surface area contributed by atoms with Crippen LogP contribution in [0.3, 0.4) is 0 Å². The Kier molecular flexibility index (Phi) is 5.50. The van der Waals surface area contributed by atoms with Gasteiger partial charge in [-0.15, -0.1) is 10.2 Å². The lowest BCUT2D eigenvalue weighted by Gasteiger charge is -2.19. The predicted molar refractivity (Wildman–Crippen MR) is 128 cm³/mol. The minimum absolute atomic E-state index is 0.462. The van der Waals surface area contributed by atoms with E-state index in [2.05, 4.69) is 36.7 Å². The fourth-order valence-corrected chi connectivity index (χ4v) is 4.94. The van der Waals surface area contributed by atoms with Crippen molar-refractivity contribution in [3.8, 4) is 11.4 Å². The van der Waals surface area contributed by atoms with Crippen molar-refractivity contribution in [2.45, 2.75) is 8.81 Å². The second-order valence-electron chi connectivity index (χ2n) is 6.87. The summed E-state index contributed by atoms with van der Waals surface area (Å²) in [6.45, 7) is 0. The molecule has 0 saturated carbocycles. The Hall–Kier alpha value is -3.43. The molecule has 9 heteroatoms. The van der Waals surface area contributed by atoms with E-state index in [0.29, 0.717) is 16.7 Å². The zero-order valence-electron chi connectivity index (χ0n) is 16.6. The normalized spacial score (nSPS) is 17.7. The van der Waals surface area contributed by atoms with Crippen LogP contribution >= 0.6 is 27.7 Å². The molecule has 0 saturated heterocycles. The maximum Gasteiger partial charge on any atom is 0.368 e. The molecule has 2 heterocycles. The van der Waals surface area contributed by atoms with Crippen molar-refractivity contribution in [3.63, 3.8) is 0 Å². The fraction of sp³-hybridized carbons (Fsp3) is 0.0435. The molecule has 0 spiro atoms. The molecule has 158 valence electrons. The van der Waals surface area contributed by atoms with E-state index in [-0.39, 0.29) is 0 Å². The monoisotopic (exact) mass is 505 g/mol. The van der Waals surface area contributed by atoms with Crippen molar-refractivity contribution in [1.82, 2.24) is 14.9 Å². The third-order valence-electron chi connectivity index (χ3n) is 4.75. The molecule has 3 aromatic carbocycles. The summed E-state index contributed by atoms with van der Waals surface area (Å²) in [5.74, 6) is 0.0782. The van der Waals surface area contributed by atoms with Crippen LogP contribution < -0.4 is 5.43 Å². The van der Waals surface area contributed by atoms with Gasteiger partial charge < -0.3 is 4.84 Å². The SMILES string of the molecule is O=C1ON=C(c2ccccc2)C1(Br)Sc1nnc(-c2ccccc2)n1Nc1ccccc1. The van der Waals surface area contributed by atoms with E-state index < -0.39 is 9.63 Å². The van der Waals surface area contributed by atoms with E-state index in [4.69, 9.17) is 4.84 Å². The first kappa shape index (κ1) is 20.5. The van der Waals surface area contributed by atoms with Crippen LogP contribution in [-0.4, -0.2) is 30.2 Å². The quantitative estimate of drug-likeness (QED) is 0.294. The van der Waals surface area contributed by atoms with Gasteiger partial charge in [0.05, 0.1) is 5.69 Å². The Balaban J connectivity index is 1.57. The van der Waals surface area contributed by atoms with Crippen LogP contribution in [0, 0.1) is 0 Å². The minimum atomic E-state index is -1.27. The summed E-state index contributed by atoms with van der Waals surface area (Å²) in [4.78, 5) is 17.8. The number of rotatable bonds is 6. The molecule has 1 aromatic heterocycles. The average Bonchev–Trinajstić information content (AvgIpc) is 3.36. The number of halogens is 1. The third kappa shape index (κ3) is 3.80. The molecular formula is C23H16BrN5O2S. The van der Waals surface area contributed by atoms with Gasteiger partial charge in [-0.1, -0.05) is 99.9 Å². The van der Waals surface area contributed by atoms with Gasteiger partial charge in [0.1, 0.15) is 5.71 Å². The highest BCUT2D eigenvalue weighted by molar-refractivity contribution is 9.12. The summed E-state index contributed by atoms with van der Waals surface area (Å²) in [6, 6.07) is 28.8. The van der Waals surface area contributed by atoms with Gasteiger partial charge in [-0.25, -0.2) is 9.47 Å². The van der Waals surface area contributed by atoms with E-state index in [1.54, 1.807) is 4.68 Å². The van der Waals surface area contributed by atoms with Crippen molar-refractivity contribution >= 4 is 45.1 Å². The Morgan fingerprint density at radius 1 is 0.844 bits per heavy atom. The van der Waals surface area contributed by atoms with Gasteiger partial charge in [0.25, 0.3) is 0 Å². The summed E-state index contributed by atoms with van der Waals surface area (Å²) in [6.07, 6.45) is 0. The van der Waals surface area contributed by atoms with Crippen LogP contribution in [0.15, 0.2) is 101 Å². The van der Waals surface area contributed by atoms with Gasteiger partial charge in [0.2, 0.25) is 8.81 Å². The Bertz CT molecular complexity index is 1280. The molecule has 0 amide bonds. The zero-order valence-corrected chi connectivity index (χ0v) is 19.0. The number of anilines is 1. The maximum atomic E-state index is 12.7. The van der Waals surface area contributed by atoms with Crippen molar-refractivity contribution < 1.29 is 9.63 Å². The van der Waals surface area contributed by atoms with E-state index >= 15 is 0 Å². The van der Waals surface area contributed by atoms with E-state index in [1.807, 2.05) is 91.0 Å². The predicted octanol–water partition coefficient (Wildman–Crippen LogP) is 4.96. The first-order valence-electron chi connectivity index (χ1n) is 9.71. The van der Waals surface area contributed by atoms with Crippen molar-refractivity contribution in [3.05, 3.63) is 96.6 Å². The highest BCUT2D eigenvalue weighted by Crippen LogP contribution is 2.45. The molecule has 0 aliphatic carbocycles. The van der Waals surface area contributed by atoms with Crippen molar-refractivity contribution in [1.29, 1.82) is 0 Å². The van der Waals surface area contributed by atoms with Gasteiger partial charge in [0.15, 0.2) is 5.82 Å². The number of carbonyl (C=O) groups is 1. The molecule has 1 aliphatic rings. The molecular weight excluding hydrogens is 490 g/mol. The van der Waals surface area contributed by atoms with Crippen LogP contribution in [0.5, 0.6) is 0 Å². The fourth-order valence-electron chi connectivity index (χ4n) is 3.20. The second kappa shape index (κ2) is 8.60. The molecule has 1 unspecified atom stereocenters. The minimum Gasteiger partial charge on any atom is -0.315 e. The number of hydrogen-bond donors (Lipinski definition) is 1. The molecule has 1 aliphatic heterocycles. The number of nitrogens with zero attached hydrogens (tertiary/aromatic N) is 4. The zero-order chi connectivity index (χ0) is 22.0. The van der Waals surface area contributed by atoms with Crippen molar-refractivity contribution in [2.24, 2.45) is 5.16 Å². The van der Waals surface area contributed by atoms with Crippen molar-refractivity contribution in [2.75, 3.05) is 5.43 Å². The van der Waals surface area contributed by atoms with Crippen LogP contribution in [-0.2, 0) is 9.63 Å². The van der Waals surface area contributed by atoms with Gasteiger partial charge in [0, 0.05) is 11.1 Å². The summed E-state index contributed by atoms with van der Waals surface area (Å²) < 4.78 is 0.484. The number of benzene rings is 3. The molecule has 4 aromatic rings. The molecule has 0 radical (unpaired) electrons. The third-order valence-corrected chi connectivity index (χ3v) is 7.02. The van der Waals surface area contributed by atoms with E-state index in [1.165, 1.54) is 0 Å². The number of hydrogen-bond acceptors (Lipinski definition) is 7. The highest BCUT2D eigenvalue weighted by Gasteiger charge is 2.51. The first-order valence-corrected chi connectivity index (χ1v) is 11.3. The number of para-hydroxylation sites is 1. The summed E-state index contributed by atoms with van der Waals surface area (Å²) in [7, 11) is 0. The largest absolute Gasteiger partial charge is 0.368 e. The second-order valence-corrected chi connectivity index (χ2v) is 9.76. The number of aromatic nitrogens is 3. The number of alkyl halides is 1. The van der Waals surface area contributed by atoms with Crippen LogP contribution in [0.2, 0.25) is 0 Å². The van der Waals surface area contributed by atoms with E-state index in [9.17, 15) is 4.79 Å². The Morgan fingerprint density at radius 2 is 1.44 bits per heavy atom. The molecule has 32 heavy (non-hydrogen) atoms. The van der Waals surface area contributed by atoms with Gasteiger partial charge in [-0.2, -0.15) is 0 Å². The Morgan fingerprint density at radius 3 is 2.09 bits per heavy atom. The summed E-state index contributed by atoms with van der Waals surface area (Å²) >= 11 is 4.75. The molecule has 1 N–H and O–H groups in total. The molecule has 7 nitrogen and oxygen atoms in total. The van der Waals surface area contributed by atoms with Crippen LogP contribution in [0.4, 0.5) is 5.69 Å². The number of thioether (sulfide) groups is 1. The Labute approximate surface area is 196 Å². The maximum absolute atomic E-state index is 12.7. The summed E-state index contributed by atoms with van der Waals surface area (Å²) in [5, 5.41) is 13.3. The standard InChI is InChI=1S/C23H16BrN5O2S/c24-23(19(28-31-21(23)30)16-10-4-1-5-11-16)32-22-26-25-20(17-12-6-2-7-13-17)29(22)27-18-14-8-3-9-15-18/h1-15,27H.